The summed E-state index contributed by atoms with van der Waals surface area (Å²) in [5.74, 6) is 1.35. The Morgan fingerprint density at radius 2 is 1.93 bits per heavy atom. The lowest BCUT2D eigenvalue weighted by Crippen LogP contribution is -2.39. The number of ether oxygens (including phenoxy) is 4. The molecule has 2 aliphatic rings. The number of methoxy groups -OCH3 is 1. The van der Waals surface area contributed by atoms with Gasteiger partial charge in [-0.1, -0.05) is 59.9 Å². The first-order valence-corrected chi connectivity index (χ1v) is 14.6. The lowest BCUT2D eigenvalue weighted by Gasteiger charge is -2.24. The Kier molecular flexibility index (Phi) is 6.62. The fourth-order valence-corrected chi connectivity index (χ4v) is 6.71. The van der Waals surface area contributed by atoms with Gasteiger partial charge in [-0.25, -0.2) is 9.79 Å². The van der Waals surface area contributed by atoms with Gasteiger partial charge in [-0.05, 0) is 49.2 Å². The van der Waals surface area contributed by atoms with Crippen LogP contribution in [0.15, 0.2) is 87.8 Å². The Labute approximate surface area is 249 Å². The number of nitrogens with one attached hydrogen (secondary N) is 1. The van der Waals surface area contributed by atoms with Gasteiger partial charge in [0, 0.05) is 10.9 Å². The number of nitrogens with zero attached hydrogens (tertiary/aromatic N) is 2. The predicted molar refractivity (Wildman–Crippen MR) is 163 cm³/mol. The van der Waals surface area contributed by atoms with Crippen LogP contribution in [0.1, 0.15) is 31.0 Å². The largest absolute Gasteiger partial charge is 0.495 e. The molecule has 0 spiro atoms. The molecule has 2 aliphatic heterocycles. The van der Waals surface area contributed by atoms with Gasteiger partial charge in [-0.3, -0.25) is 9.36 Å². The Balaban J connectivity index is 1.48. The number of aromatic amines is 1. The molecular weight excluding hydrogens is 566 g/mol. The molecule has 1 N–H and O–H groups in total. The van der Waals surface area contributed by atoms with E-state index in [0.29, 0.717) is 43.4 Å². The Morgan fingerprint density at radius 1 is 1.12 bits per heavy atom. The van der Waals surface area contributed by atoms with Crippen molar-refractivity contribution in [2.75, 3.05) is 20.5 Å². The molecular formula is C33H27N3O6S. The normalized spacial score (nSPS) is 15.9. The quantitative estimate of drug-likeness (QED) is 0.287. The summed E-state index contributed by atoms with van der Waals surface area (Å²) in [5, 5.41) is 0.916. The molecule has 0 saturated carbocycles. The number of hydrogen-bond donors (Lipinski definition) is 1. The Hall–Kier alpha value is -5.09. The highest BCUT2D eigenvalue weighted by Crippen LogP contribution is 2.39. The molecule has 4 heterocycles. The van der Waals surface area contributed by atoms with Gasteiger partial charge in [0.05, 0.1) is 46.8 Å². The van der Waals surface area contributed by atoms with Crippen LogP contribution in [0, 0.1) is 0 Å². The average molecular weight is 594 g/mol. The van der Waals surface area contributed by atoms with Crippen molar-refractivity contribution in [3.05, 3.63) is 109 Å². The molecule has 216 valence electrons. The summed E-state index contributed by atoms with van der Waals surface area (Å²) in [4.78, 5) is 36.3. The second kappa shape index (κ2) is 10.6. The van der Waals surface area contributed by atoms with E-state index >= 15 is 0 Å². The molecule has 2 aromatic heterocycles. The van der Waals surface area contributed by atoms with Gasteiger partial charge in [-0.15, -0.1) is 0 Å². The summed E-state index contributed by atoms with van der Waals surface area (Å²) in [6, 6.07) is 20.5. The van der Waals surface area contributed by atoms with E-state index in [4.69, 9.17) is 23.9 Å². The fourth-order valence-electron chi connectivity index (χ4n) is 5.69. The zero-order chi connectivity index (χ0) is 29.7. The van der Waals surface area contributed by atoms with Gasteiger partial charge >= 0.3 is 5.97 Å². The number of esters is 1. The molecule has 5 aromatic rings. The van der Waals surface area contributed by atoms with E-state index in [-0.39, 0.29) is 19.0 Å². The number of aromatic nitrogens is 2. The molecule has 0 saturated heterocycles. The summed E-state index contributed by atoms with van der Waals surface area (Å²) >= 11 is 1.28. The topological polar surface area (TPSA) is 104 Å². The van der Waals surface area contributed by atoms with Crippen molar-refractivity contribution in [1.29, 1.82) is 0 Å². The number of thiazole rings is 1. The van der Waals surface area contributed by atoms with Gasteiger partial charge in [0.2, 0.25) is 6.79 Å². The molecule has 1 atom stereocenters. The number of benzene rings is 3. The molecule has 0 amide bonds. The summed E-state index contributed by atoms with van der Waals surface area (Å²) in [7, 11) is 1.63. The van der Waals surface area contributed by atoms with Gasteiger partial charge in [-0.2, -0.15) is 0 Å². The van der Waals surface area contributed by atoms with Crippen LogP contribution < -0.4 is 29.1 Å². The first-order chi connectivity index (χ1) is 21.0. The highest BCUT2D eigenvalue weighted by Gasteiger charge is 2.34. The van der Waals surface area contributed by atoms with E-state index in [2.05, 4.69) is 4.98 Å². The van der Waals surface area contributed by atoms with Crippen molar-refractivity contribution in [2.24, 2.45) is 4.99 Å². The van der Waals surface area contributed by atoms with Crippen LogP contribution in [-0.4, -0.2) is 36.0 Å². The van der Waals surface area contributed by atoms with Crippen molar-refractivity contribution in [1.82, 2.24) is 9.55 Å². The average Bonchev–Trinajstić information content (AvgIpc) is 3.72. The minimum Gasteiger partial charge on any atom is -0.495 e. The molecule has 9 nitrogen and oxygen atoms in total. The number of hydrogen-bond acceptors (Lipinski definition) is 8. The zero-order valence-electron chi connectivity index (χ0n) is 23.7. The Morgan fingerprint density at radius 3 is 2.72 bits per heavy atom. The highest BCUT2D eigenvalue weighted by molar-refractivity contribution is 7.07. The van der Waals surface area contributed by atoms with Crippen molar-refractivity contribution in [2.45, 2.75) is 19.9 Å². The third-order valence-electron chi connectivity index (χ3n) is 7.62. The maximum atomic E-state index is 14.3. The molecule has 7 rings (SSSR count). The molecule has 3 aromatic carbocycles. The predicted octanol–water partition coefficient (Wildman–Crippen LogP) is 4.68. The second-order valence-electron chi connectivity index (χ2n) is 10.1. The van der Waals surface area contributed by atoms with E-state index in [1.807, 2.05) is 66.7 Å². The van der Waals surface area contributed by atoms with E-state index in [9.17, 15) is 9.59 Å². The van der Waals surface area contributed by atoms with Crippen LogP contribution in [0.5, 0.6) is 17.2 Å². The Bertz CT molecular complexity index is 2120. The van der Waals surface area contributed by atoms with E-state index in [0.717, 1.165) is 27.7 Å². The van der Waals surface area contributed by atoms with Crippen LogP contribution in [0.2, 0.25) is 0 Å². The minimum absolute atomic E-state index is 0.111. The smallest absolute Gasteiger partial charge is 0.338 e. The number of H-pyrrole nitrogens is 1. The zero-order valence-corrected chi connectivity index (χ0v) is 24.5. The molecule has 0 bridgehead atoms. The van der Waals surface area contributed by atoms with E-state index in [1.54, 1.807) is 31.6 Å². The standard InChI is InChI=1S/C33H27N3O6S/c1-4-40-32(38)27-18(2)34-33-36(30(27)20-13-14-23-25(15-20)42-17-41-23)31(37)26(43-33)16-22-21-11-8-12-24(39-3)29(21)35-28(22)19-9-6-5-7-10-19/h5-16,30,35H,4,17H2,1-3H3/b26-16-/t30-/m1/s1. The van der Waals surface area contributed by atoms with Crippen LogP contribution in [-0.2, 0) is 9.53 Å². The molecule has 10 heteroatoms. The van der Waals surface area contributed by atoms with Crippen LogP contribution in [0.25, 0.3) is 28.2 Å². The third kappa shape index (κ3) is 4.42. The molecule has 0 fully saturated rings. The molecule has 0 radical (unpaired) electrons. The first-order valence-electron chi connectivity index (χ1n) is 13.8. The van der Waals surface area contributed by atoms with Crippen LogP contribution in [0.4, 0.5) is 0 Å². The molecule has 0 unspecified atom stereocenters. The minimum atomic E-state index is -0.761. The number of carbonyl (C=O) groups excluding carboxylic acids is 1. The highest BCUT2D eigenvalue weighted by atomic mass is 32.1. The van der Waals surface area contributed by atoms with Gasteiger partial charge in [0.1, 0.15) is 5.75 Å². The number of carbonyl (C=O) groups is 1. The summed E-state index contributed by atoms with van der Waals surface area (Å²) < 4.78 is 24.2. The van der Waals surface area contributed by atoms with Gasteiger partial charge < -0.3 is 23.9 Å². The van der Waals surface area contributed by atoms with Gasteiger partial charge in [0.25, 0.3) is 5.56 Å². The fraction of sp³-hybridized carbons (Fsp3) is 0.182. The number of fused-ring (bicyclic) bond motifs is 3. The summed E-state index contributed by atoms with van der Waals surface area (Å²) in [6.45, 7) is 3.82. The summed E-state index contributed by atoms with van der Waals surface area (Å²) in [6.07, 6.45) is 1.89. The SMILES string of the molecule is CCOC(=O)C1=C(C)N=c2s/c(=C\c3c(-c4ccccc4)[nH]c4c(OC)cccc34)c(=O)n2[C@@H]1c1ccc2c(c1)OCO2. The molecule has 0 aliphatic carbocycles. The van der Waals surface area contributed by atoms with E-state index < -0.39 is 12.0 Å². The monoisotopic (exact) mass is 593 g/mol. The van der Waals surface area contributed by atoms with Crippen molar-refractivity contribution >= 4 is 34.3 Å². The molecule has 43 heavy (non-hydrogen) atoms. The lowest BCUT2D eigenvalue weighted by molar-refractivity contribution is -0.139. The number of para-hydroxylation sites is 1. The van der Waals surface area contributed by atoms with E-state index in [1.165, 1.54) is 11.3 Å². The lowest BCUT2D eigenvalue weighted by atomic mass is 9.95. The van der Waals surface area contributed by atoms with Crippen molar-refractivity contribution < 1.29 is 23.7 Å². The number of allylic oxidation sites excluding steroid dienone is 1. The van der Waals surface area contributed by atoms with Crippen molar-refractivity contribution in [3.63, 3.8) is 0 Å². The summed E-state index contributed by atoms with van der Waals surface area (Å²) in [5.41, 5.74) is 4.75. The van der Waals surface area contributed by atoms with Crippen LogP contribution >= 0.6 is 11.3 Å². The third-order valence-corrected chi connectivity index (χ3v) is 8.61. The first kappa shape index (κ1) is 26.8. The maximum absolute atomic E-state index is 14.3. The van der Waals surface area contributed by atoms with Crippen LogP contribution in [0.3, 0.4) is 0 Å². The van der Waals surface area contributed by atoms with Crippen molar-refractivity contribution in [3.8, 4) is 28.5 Å². The van der Waals surface area contributed by atoms with Gasteiger partial charge in [0.15, 0.2) is 16.3 Å². The maximum Gasteiger partial charge on any atom is 0.338 e. The number of rotatable bonds is 6. The second-order valence-corrected chi connectivity index (χ2v) is 11.1.